The highest BCUT2D eigenvalue weighted by Gasteiger charge is 2.80. The van der Waals surface area contributed by atoms with Crippen LogP contribution < -0.4 is 5.32 Å². The summed E-state index contributed by atoms with van der Waals surface area (Å²) in [5.41, 5.74) is 5.02. The molecule has 0 aromatic heterocycles. The van der Waals surface area contributed by atoms with Crippen molar-refractivity contribution in [3.05, 3.63) is 53.6 Å². The summed E-state index contributed by atoms with van der Waals surface area (Å²) in [5.74, 6) is 2.41. The normalized spacial score (nSPS) is 44.5. The first-order valence-corrected chi connectivity index (χ1v) is 12.5. The summed E-state index contributed by atoms with van der Waals surface area (Å²) in [7, 11) is 0. The van der Waals surface area contributed by atoms with Crippen molar-refractivity contribution >= 4 is 11.6 Å². The summed E-state index contributed by atoms with van der Waals surface area (Å²) in [6.45, 7) is 10.1. The van der Waals surface area contributed by atoms with Crippen LogP contribution in [0.2, 0.25) is 0 Å². The zero-order chi connectivity index (χ0) is 21.6. The first-order valence-electron chi connectivity index (χ1n) is 12.5. The van der Waals surface area contributed by atoms with E-state index in [1.54, 1.807) is 5.57 Å². The Bertz CT molecular complexity index is 1000. The molecule has 6 rings (SSSR count). The molecule has 2 nitrogen and oxygen atoms in total. The van der Waals surface area contributed by atoms with E-state index < -0.39 is 0 Å². The lowest BCUT2D eigenvalue weighted by atomic mass is 9.39. The molecule has 1 N–H and O–H groups in total. The Labute approximate surface area is 187 Å². The summed E-state index contributed by atoms with van der Waals surface area (Å²) < 4.78 is 0. The highest BCUT2D eigenvalue weighted by atomic mass is 16.1. The van der Waals surface area contributed by atoms with Gasteiger partial charge in [0.05, 0.1) is 0 Å². The lowest BCUT2D eigenvalue weighted by Crippen LogP contribution is -2.56. The standard InChI is InChI=1S/C29H37NO/c1-19(2)23-12-13-26(3)14-15-28-17-21-18-29(21,28)16-20(10-11-24(28)27(23,26)4)25(31)30-22-8-6-5-7-9-22/h5-11,19,21,23H,12-18H2,1-4H3,(H,30,31)/t21?,23?,26-,27?,28+,29?/m1/s1. The minimum Gasteiger partial charge on any atom is -0.322 e. The van der Waals surface area contributed by atoms with Crippen molar-refractivity contribution in [3.63, 3.8) is 0 Å². The average molecular weight is 416 g/mol. The molecule has 4 unspecified atom stereocenters. The Kier molecular flexibility index (Phi) is 3.93. The van der Waals surface area contributed by atoms with Gasteiger partial charge in [-0.25, -0.2) is 0 Å². The molecule has 2 spiro atoms. The fourth-order valence-corrected chi connectivity index (χ4v) is 9.15. The van der Waals surface area contributed by atoms with E-state index in [0.717, 1.165) is 29.5 Å². The van der Waals surface area contributed by atoms with E-state index in [4.69, 9.17) is 0 Å². The van der Waals surface area contributed by atoms with Gasteiger partial charge in [0.2, 0.25) is 0 Å². The Morgan fingerprint density at radius 2 is 1.81 bits per heavy atom. The molecule has 0 saturated heterocycles. The largest absolute Gasteiger partial charge is 0.322 e. The number of fused-ring (bicyclic) bond motifs is 2. The summed E-state index contributed by atoms with van der Waals surface area (Å²) >= 11 is 0. The van der Waals surface area contributed by atoms with Crippen LogP contribution in [0.3, 0.4) is 0 Å². The number of hydrogen-bond acceptors (Lipinski definition) is 1. The fraction of sp³-hybridized carbons (Fsp3) is 0.621. The van der Waals surface area contributed by atoms with Crippen LogP contribution in [0, 0.1) is 39.4 Å². The number of benzene rings is 1. The molecule has 5 aliphatic rings. The quantitative estimate of drug-likeness (QED) is 0.558. The van der Waals surface area contributed by atoms with Crippen LogP contribution in [0.1, 0.15) is 72.6 Å². The third-order valence-electron chi connectivity index (χ3n) is 11.0. The second kappa shape index (κ2) is 6.15. The summed E-state index contributed by atoms with van der Waals surface area (Å²) in [4.78, 5) is 13.3. The van der Waals surface area contributed by atoms with Crippen molar-refractivity contribution in [2.75, 3.05) is 5.32 Å². The smallest absolute Gasteiger partial charge is 0.251 e. The van der Waals surface area contributed by atoms with Crippen molar-refractivity contribution in [2.45, 2.75) is 72.6 Å². The second-order valence-electron chi connectivity index (χ2n) is 12.3. The molecule has 1 aromatic carbocycles. The summed E-state index contributed by atoms with van der Waals surface area (Å²) in [6, 6.07) is 9.92. The zero-order valence-corrected chi connectivity index (χ0v) is 19.6. The molecule has 0 aliphatic heterocycles. The van der Waals surface area contributed by atoms with Gasteiger partial charge in [-0.05, 0) is 96.5 Å². The monoisotopic (exact) mass is 415 g/mol. The minimum absolute atomic E-state index is 0.100. The maximum absolute atomic E-state index is 13.3. The van der Waals surface area contributed by atoms with Crippen LogP contribution >= 0.6 is 0 Å². The molecule has 4 saturated carbocycles. The third-order valence-corrected chi connectivity index (χ3v) is 11.0. The predicted octanol–water partition coefficient (Wildman–Crippen LogP) is 7.15. The van der Waals surface area contributed by atoms with Gasteiger partial charge in [-0.3, -0.25) is 4.79 Å². The van der Waals surface area contributed by atoms with E-state index in [1.807, 2.05) is 30.3 Å². The maximum atomic E-state index is 13.3. The first-order chi connectivity index (χ1) is 14.8. The topological polar surface area (TPSA) is 29.1 Å². The van der Waals surface area contributed by atoms with Crippen molar-refractivity contribution in [1.29, 1.82) is 0 Å². The molecule has 5 aliphatic carbocycles. The van der Waals surface area contributed by atoms with E-state index in [9.17, 15) is 4.79 Å². The fourth-order valence-electron chi connectivity index (χ4n) is 9.15. The molecule has 0 radical (unpaired) electrons. The minimum atomic E-state index is 0.100. The molecule has 4 fully saturated rings. The Balaban J connectivity index is 1.42. The van der Waals surface area contributed by atoms with Crippen LogP contribution in [0.15, 0.2) is 53.6 Å². The van der Waals surface area contributed by atoms with Gasteiger partial charge in [0.1, 0.15) is 0 Å². The molecule has 0 bridgehead atoms. The molecule has 6 atom stereocenters. The van der Waals surface area contributed by atoms with Crippen LogP contribution in [0.25, 0.3) is 0 Å². The Hall–Kier alpha value is -1.83. The Morgan fingerprint density at radius 3 is 2.48 bits per heavy atom. The predicted molar refractivity (Wildman–Crippen MR) is 126 cm³/mol. The molecule has 1 amide bonds. The van der Waals surface area contributed by atoms with Gasteiger partial charge in [-0.1, -0.05) is 63.6 Å². The number of rotatable bonds is 3. The molecular weight excluding hydrogens is 378 g/mol. The number of anilines is 1. The van der Waals surface area contributed by atoms with Crippen molar-refractivity contribution in [1.82, 2.24) is 0 Å². The number of para-hydroxylation sites is 1. The van der Waals surface area contributed by atoms with Gasteiger partial charge in [0.25, 0.3) is 5.91 Å². The molecule has 2 heteroatoms. The number of nitrogens with one attached hydrogen (secondary N) is 1. The van der Waals surface area contributed by atoms with Gasteiger partial charge in [-0.2, -0.15) is 0 Å². The van der Waals surface area contributed by atoms with Gasteiger partial charge in [-0.15, -0.1) is 0 Å². The van der Waals surface area contributed by atoms with Crippen LogP contribution in [-0.2, 0) is 4.79 Å². The summed E-state index contributed by atoms with van der Waals surface area (Å²) in [5, 5.41) is 3.17. The van der Waals surface area contributed by atoms with Crippen molar-refractivity contribution < 1.29 is 4.79 Å². The van der Waals surface area contributed by atoms with Crippen molar-refractivity contribution in [3.8, 4) is 0 Å². The number of amides is 1. The van der Waals surface area contributed by atoms with Gasteiger partial charge < -0.3 is 5.32 Å². The zero-order valence-electron chi connectivity index (χ0n) is 19.6. The van der Waals surface area contributed by atoms with Gasteiger partial charge in [0.15, 0.2) is 0 Å². The molecular formula is C29H37NO. The Morgan fingerprint density at radius 1 is 1.03 bits per heavy atom. The van der Waals surface area contributed by atoms with E-state index >= 15 is 0 Å². The number of allylic oxidation sites excluding steroid dienone is 3. The first kappa shape index (κ1) is 19.8. The van der Waals surface area contributed by atoms with E-state index in [2.05, 4.69) is 45.2 Å². The highest BCUT2D eigenvalue weighted by molar-refractivity contribution is 6.04. The molecule has 31 heavy (non-hydrogen) atoms. The number of carbonyl (C=O) groups excluding carboxylic acids is 1. The number of hydrogen-bond donors (Lipinski definition) is 1. The second-order valence-corrected chi connectivity index (χ2v) is 12.3. The van der Waals surface area contributed by atoms with E-state index in [0.29, 0.717) is 22.2 Å². The maximum Gasteiger partial charge on any atom is 0.251 e. The van der Waals surface area contributed by atoms with Crippen LogP contribution in [0.5, 0.6) is 0 Å². The average Bonchev–Trinajstić information content (AvgIpc) is 3.26. The van der Waals surface area contributed by atoms with Gasteiger partial charge in [0, 0.05) is 11.3 Å². The lowest BCUT2D eigenvalue weighted by molar-refractivity contribution is -0.113. The van der Waals surface area contributed by atoms with Crippen molar-refractivity contribution in [2.24, 2.45) is 39.4 Å². The van der Waals surface area contributed by atoms with E-state index in [1.165, 1.54) is 38.5 Å². The van der Waals surface area contributed by atoms with E-state index in [-0.39, 0.29) is 11.3 Å². The molecule has 0 heterocycles. The molecule has 1 aromatic rings. The van der Waals surface area contributed by atoms with Gasteiger partial charge >= 0.3 is 0 Å². The van der Waals surface area contributed by atoms with Crippen LogP contribution in [-0.4, -0.2) is 5.91 Å². The summed E-state index contributed by atoms with van der Waals surface area (Å²) in [6.07, 6.45) is 13.8. The SMILES string of the molecule is CC(C)C1CC[C@]2(C)CC[C@@]34CC5CC53CC(C(=O)Nc3ccccc3)=CC=C4C12C. The molecule has 164 valence electrons. The number of carbonyl (C=O) groups is 1. The lowest BCUT2D eigenvalue weighted by Gasteiger charge is -2.64. The van der Waals surface area contributed by atoms with Crippen LogP contribution in [0.4, 0.5) is 5.69 Å². The highest BCUT2D eigenvalue weighted by Crippen LogP contribution is 2.88. The third kappa shape index (κ3) is 2.32.